The molecule has 0 aromatic heterocycles. The number of nitrogens with zero attached hydrogens (tertiary/aromatic N) is 1. The summed E-state index contributed by atoms with van der Waals surface area (Å²) >= 11 is 7.15. The van der Waals surface area contributed by atoms with Gasteiger partial charge in [-0.3, -0.25) is 19.3 Å². The van der Waals surface area contributed by atoms with E-state index in [9.17, 15) is 19.2 Å². The molecule has 0 N–H and O–H groups in total. The smallest absolute Gasteiger partial charge is 0.338 e. The van der Waals surface area contributed by atoms with Gasteiger partial charge in [0.2, 0.25) is 11.8 Å². The van der Waals surface area contributed by atoms with Crippen molar-refractivity contribution in [2.24, 2.45) is 11.8 Å². The SMILES string of the molecule is Cc1ccc(C(=O)COC(=O)c2cccc(N3C(=O)C4CC(Br)C(Br)CC4C3=O)c2)cc1. The molecule has 0 radical (unpaired) electrons. The highest BCUT2D eigenvalue weighted by Crippen LogP contribution is 2.44. The predicted octanol–water partition coefficient (Wildman–Crippen LogP) is 4.46. The Morgan fingerprint density at radius 1 is 0.938 bits per heavy atom. The zero-order valence-electron chi connectivity index (χ0n) is 17.3. The average Bonchev–Trinajstić information content (AvgIpc) is 3.02. The minimum Gasteiger partial charge on any atom is -0.454 e. The van der Waals surface area contributed by atoms with Crippen molar-refractivity contribution in [3.05, 3.63) is 65.2 Å². The third-order valence-electron chi connectivity index (χ3n) is 5.96. The Morgan fingerprint density at radius 2 is 1.53 bits per heavy atom. The van der Waals surface area contributed by atoms with Crippen LogP contribution in [0.15, 0.2) is 48.5 Å². The lowest BCUT2D eigenvalue weighted by Crippen LogP contribution is -2.34. The van der Waals surface area contributed by atoms with Gasteiger partial charge in [-0.05, 0) is 38.0 Å². The van der Waals surface area contributed by atoms with Crippen LogP contribution in [0.2, 0.25) is 0 Å². The number of fused-ring (bicyclic) bond motifs is 1. The lowest BCUT2D eigenvalue weighted by molar-refractivity contribution is -0.122. The number of anilines is 1. The first-order valence-electron chi connectivity index (χ1n) is 10.3. The van der Waals surface area contributed by atoms with Crippen molar-refractivity contribution >= 4 is 61.1 Å². The maximum Gasteiger partial charge on any atom is 0.338 e. The van der Waals surface area contributed by atoms with Crippen molar-refractivity contribution in [2.45, 2.75) is 29.4 Å². The molecule has 1 aliphatic heterocycles. The van der Waals surface area contributed by atoms with Gasteiger partial charge in [0.15, 0.2) is 12.4 Å². The number of rotatable bonds is 5. The zero-order chi connectivity index (χ0) is 23.0. The average molecular weight is 563 g/mol. The summed E-state index contributed by atoms with van der Waals surface area (Å²) in [4.78, 5) is 52.2. The van der Waals surface area contributed by atoms with E-state index in [0.717, 1.165) is 5.56 Å². The van der Waals surface area contributed by atoms with E-state index < -0.39 is 12.6 Å². The molecule has 2 aromatic carbocycles. The van der Waals surface area contributed by atoms with Gasteiger partial charge in [0.1, 0.15) is 0 Å². The van der Waals surface area contributed by atoms with Crippen molar-refractivity contribution in [3.8, 4) is 0 Å². The number of halogens is 2. The van der Waals surface area contributed by atoms with Gasteiger partial charge in [0.05, 0.1) is 23.1 Å². The number of Topliss-reactive ketones (excluding diaryl/α,β-unsaturated/α-hetero) is 1. The Labute approximate surface area is 202 Å². The Balaban J connectivity index is 1.47. The van der Waals surface area contributed by atoms with Crippen LogP contribution in [0.3, 0.4) is 0 Å². The fourth-order valence-corrected chi connectivity index (χ4v) is 5.40. The molecule has 166 valence electrons. The molecular weight excluding hydrogens is 542 g/mol. The van der Waals surface area contributed by atoms with Crippen molar-refractivity contribution < 1.29 is 23.9 Å². The molecule has 0 bridgehead atoms. The molecule has 4 unspecified atom stereocenters. The van der Waals surface area contributed by atoms with E-state index in [2.05, 4.69) is 31.9 Å². The van der Waals surface area contributed by atoms with Crippen LogP contribution in [0, 0.1) is 18.8 Å². The van der Waals surface area contributed by atoms with Crippen LogP contribution in [-0.2, 0) is 14.3 Å². The lowest BCUT2D eigenvalue weighted by atomic mass is 9.81. The number of hydrogen-bond donors (Lipinski definition) is 0. The second-order valence-corrected chi connectivity index (χ2v) is 10.5. The van der Waals surface area contributed by atoms with Gasteiger partial charge in [0.25, 0.3) is 0 Å². The Hall–Kier alpha value is -2.32. The van der Waals surface area contributed by atoms with Crippen LogP contribution >= 0.6 is 31.9 Å². The van der Waals surface area contributed by atoms with Gasteiger partial charge in [-0.15, -0.1) is 0 Å². The summed E-state index contributed by atoms with van der Waals surface area (Å²) < 4.78 is 5.18. The molecule has 1 saturated heterocycles. The number of carbonyl (C=O) groups excluding carboxylic acids is 4. The van der Waals surface area contributed by atoms with Gasteiger partial charge < -0.3 is 4.74 Å². The van der Waals surface area contributed by atoms with Crippen molar-refractivity contribution in [1.82, 2.24) is 0 Å². The summed E-state index contributed by atoms with van der Waals surface area (Å²) in [6.45, 7) is 1.53. The van der Waals surface area contributed by atoms with Gasteiger partial charge in [-0.2, -0.15) is 0 Å². The molecule has 1 heterocycles. The molecule has 2 aliphatic rings. The van der Waals surface area contributed by atoms with Gasteiger partial charge in [-0.25, -0.2) is 4.79 Å². The van der Waals surface area contributed by atoms with E-state index in [4.69, 9.17) is 4.74 Å². The molecule has 8 heteroatoms. The second kappa shape index (κ2) is 9.27. The first kappa shape index (κ1) is 22.9. The van der Waals surface area contributed by atoms with Crippen LogP contribution < -0.4 is 4.90 Å². The number of aryl methyl sites for hydroxylation is 1. The van der Waals surface area contributed by atoms with E-state index in [1.807, 2.05) is 19.1 Å². The standard InChI is InChI=1S/C24H21Br2NO5/c1-13-5-7-14(8-6-13)21(28)12-32-24(31)15-3-2-4-16(9-15)27-22(29)17-10-19(25)20(26)11-18(17)23(27)30/h2-9,17-20H,10-12H2,1H3. The van der Waals surface area contributed by atoms with Gasteiger partial charge >= 0.3 is 5.97 Å². The molecule has 1 aliphatic carbocycles. The molecule has 2 amide bonds. The molecule has 32 heavy (non-hydrogen) atoms. The first-order valence-corrected chi connectivity index (χ1v) is 12.1. The van der Waals surface area contributed by atoms with E-state index in [1.165, 1.54) is 17.0 Å². The molecule has 4 atom stereocenters. The molecule has 1 saturated carbocycles. The maximum atomic E-state index is 13.0. The minimum absolute atomic E-state index is 0.118. The van der Waals surface area contributed by atoms with Crippen LogP contribution in [0.4, 0.5) is 5.69 Å². The number of carbonyl (C=O) groups is 4. The number of amides is 2. The van der Waals surface area contributed by atoms with E-state index in [1.54, 1.807) is 24.3 Å². The normalized spacial score (nSPS) is 24.9. The van der Waals surface area contributed by atoms with Crippen LogP contribution in [0.25, 0.3) is 0 Å². The van der Waals surface area contributed by atoms with E-state index in [0.29, 0.717) is 24.1 Å². The monoisotopic (exact) mass is 561 g/mol. The molecule has 2 aromatic rings. The Kier molecular flexibility index (Phi) is 6.62. The highest BCUT2D eigenvalue weighted by Gasteiger charge is 2.52. The van der Waals surface area contributed by atoms with Crippen molar-refractivity contribution in [2.75, 3.05) is 11.5 Å². The highest BCUT2D eigenvalue weighted by atomic mass is 79.9. The molecule has 6 nitrogen and oxygen atoms in total. The molecule has 0 spiro atoms. The fraction of sp³-hybridized carbons (Fsp3) is 0.333. The topological polar surface area (TPSA) is 80.8 Å². The van der Waals surface area contributed by atoms with Crippen LogP contribution in [0.1, 0.15) is 39.1 Å². The summed E-state index contributed by atoms with van der Waals surface area (Å²) in [5.41, 5.74) is 2.00. The van der Waals surface area contributed by atoms with Crippen molar-refractivity contribution in [3.63, 3.8) is 0 Å². The summed E-state index contributed by atoms with van der Waals surface area (Å²) in [6, 6.07) is 13.2. The molecular formula is C24H21Br2NO5. The fourth-order valence-electron chi connectivity index (χ4n) is 4.16. The number of hydrogen-bond acceptors (Lipinski definition) is 5. The summed E-state index contributed by atoms with van der Waals surface area (Å²) in [7, 11) is 0. The van der Waals surface area contributed by atoms with E-state index >= 15 is 0 Å². The van der Waals surface area contributed by atoms with Crippen molar-refractivity contribution in [1.29, 1.82) is 0 Å². The number of ether oxygens (including phenoxy) is 1. The molecule has 4 rings (SSSR count). The summed E-state index contributed by atoms with van der Waals surface area (Å²) in [5.74, 6) is -2.23. The number of benzene rings is 2. The minimum atomic E-state index is -0.690. The number of imide groups is 1. The third-order valence-corrected chi connectivity index (χ3v) is 8.69. The summed E-state index contributed by atoms with van der Waals surface area (Å²) in [5, 5.41) is 0. The third kappa shape index (κ3) is 4.43. The van der Waals surface area contributed by atoms with E-state index in [-0.39, 0.29) is 44.7 Å². The summed E-state index contributed by atoms with van der Waals surface area (Å²) in [6.07, 6.45) is 1.15. The van der Waals surface area contributed by atoms with Gasteiger partial charge in [-0.1, -0.05) is 67.8 Å². The number of esters is 1. The van der Waals surface area contributed by atoms with Gasteiger partial charge in [0, 0.05) is 15.2 Å². The molecule has 2 fully saturated rings. The number of alkyl halides is 2. The maximum absolute atomic E-state index is 13.0. The first-order chi connectivity index (χ1) is 15.3. The van der Waals surface area contributed by atoms with Crippen LogP contribution in [-0.4, -0.2) is 39.8 Å². The highest BCUT2D eigenvalue weighted by molar-refractivity contribution is 9.12. The Bertz CT molecular complexity index is 1060. The largest absolute Gasteiger partial charge is 0.454 e. The van der Waals surface area contributed by atoms with Crippen LogP contribution in [0.5, 0.6) is 0 Å². The quantitative estimate of drug-likeness (QED) is 0.233. The second-order valence-electron chi connectivity index (χ2n) is 8.14. The lowest BCUT2D eigenvalue weighted by Gasteiger charge is -2.29. The Morgan fingerprint density at radius 3 is 2.12 bits per heavy atom. The zero-order valence-corrected chi connectivity index (χ0v) is 20.5. The number of ketones is 1. The predicted molar refractivity (Wildman–Crippen MR) is 126 cm³/mol.